The topological polar surface area (TPSA) is 66.0 Å². The van der Waals surface area contributed by atoms with E-state index < -0.39 is 11.6 Å². The van der Waals surface area contributed by atoms with Gasteiger partial charge in [-0.15, -0.1) is 0 Å². The molecule has 0 aliphatic heterocycles. The molecule has 2 aromatic carbocycles. The number of carbonyl (C=O) groups is 2. The highest BCUT2D eigenvalue weighted by Crippen LogP contribution is 2.19. The van der Waals surface area contributed by atoms with Gasteiger partial charge in [0.05, 0.1) is 6.54 Å². The van der Waals surface area contributed by atoms with E-state index in [1.807, 2.05) is 32.0 Å². The van der Waals surface area contributed by atoms with E-state index in [-0.39, 0.29) is 30.9 Å². The molecule has 2 rings (SSSR count). The molecule has 2 aromatic rings. The molecule has 0 saturated carbocycles. The molecule has 0 spiro atoms. The Morgan fingerprint density at radius 3 is 2.39 bits per heavy atom. The van der Waals surface area contributed by atoms with Crippen LogP contribution < -0.4 is 10.6 Å². The molecular weight excluding hydrogens is 364 g/mol. The molecule has 0 radical (unpaired) electrons. The zero-order valence-electron chi connectivity index (χ0n) is 16.6. The fourth-order valence-corrected chi connectivity index (χ4v) is 2.93. The van der Waals surface area contributed by atoms with Crippen LogP contribution in [0.25, 0.3) is 0 Å². The molecule has 28 heavy (non-hydrogen) atoms. The first-order valence-corrected chi connectivity index (χ1v) is 9.07. The Morgan fingerprint density at radius 1 is 1.14 bits per heavy atom. The summed E-state index contributed by atoms with van der Waals surface area (Å²) in [6.45, 7) is 5.51. The summed E-state index contributed by atoms with van der Waals surface area (Å²) in [4.78, 5) is 25.9. The molecule has 3 N–H and O–H groups in total. The van der Waals surface area contributed by atoms with E-state index in [1.54, 1.807) is 19.3 Å². The summed E-state index contributed by atoms with van der Waals surface area (Å²) in [5, 5.41) is 4.49. The Kier molecular flexibility index (Phi) is 7.23. The summed E-state index contributed by atoms with van der Waals surface area (Å²) < 4.78 is 26.8. The van der Waals surface area contributed by atoms with E-state index in [1.165, 1.54) is 17.0 Å². The van der Waals surface area contributed by atoms with Crippen molar-refractivity contribution in [2.24, 2.45) is 0 Å². The largest absolute Gasteiger partial charge is 0.332 e. The maximum Gasteiger partial charge on any atom is 0.277 e. The van der Waals surface area contributed by atoms with Gasteiger partial charge in [-0.05, 0) is 44.0 Å². The van der Waals surface area contributed by atoms with Crippen LogP contribution in [-0.4, -0.2) is 36.9 Å². The lowest BCUT2D eigenvalue weighted by atomic mass is 10.1. The number of nitrogens with two attached hydrogens (primary N) is 1. The number of nitrogens with one attached hydrogen (secondary N) is 1. The number of halogens is 2. The van der Waals surface area contributed by atoms with Crippen molar-refractivity contribution >= 4 is 17.5 Å². The maximum atomic E-state index is 13.8. The minimum absolute atomic E-state index is 0.0468. The van der Waals surface area contributed by atoms with Gasteiger partial charge in [-0.25, -0.2) is 8.78 Å². The second-order valence-corrected chi connectivity index (χ2v) is 6.96. The second-order valence-electron chi connectivity index (χ2n) is 6.96. The van der Waals surface area contributed by atoms with Crippen molar-refractivity contribution in [3.05, 3.63) is 64.7 Å². The third kappa shape index (κ3) is 5.60. The predicted molar refractivity (Wildman–Crippen MR) is 104 cm³/mol. The first-order valence-electron chi connectivity index (χ1n) is 9.07. The molecule has 0 aromatic heterocycles. The minimum Gasteiger partial charge on any atom is -0.332 e. The number of benzene rings is 2. The third-order valence-electron chi connectivity index (χ3n) is 4.65. The summed E-state index contributed by atoms with van der Waals surface area (Å²) in [6.07, 6.45) is 0. The van der Waals surface area contributed by atoms with Crippen LogP contribution in [0.4, 0.5) is 14.5 Å². The van der Waals surface area contributed by atoms with E-state index in [9.17, 15) is 18.4 Å². The molecule has 0 bridgehead atoms. The molecule has 5 nitrogen and oxygen atoms in total. The van der Waals surface area contributed by atoms with Gasteiger partial charge in [-0.1, -0.05) is 18.2 Å². The quantitative estimate of drug-likeness (QED) is 0.762. The molecular formula is C21H26F2N3O2+. The monoisotopic (exact) mass is 390 g/mol. The van der Waals surface area contributed by atoms with Gasteiger partial charge >= 0.3 is 0 Å². The number of amides is 2. The van der Waals surface area contributed by atoms with Gasteiger partial charge in [0.1, 0.15) is 17.7 Å². The zero-order chi connectivity index (χ0) is 20.8. The highest BCUT2D eigenvalue weighted by atomic mass is 19.1. The van der Waals surface area contributed by atoms with Crippen molar-refractivity contribution in [3.8, 4) is 0 Å². The number of para-hydroxylation sites is 1. The highest BCUT2D eigenvalue weighted by Gasteiger charge is 2.19. The SMILES string of the molecule is Cc1cccc(C)c1NC(=O)CN(C)C(=O)C[NH2+][C@H](C)c1ccc(F)cc1F. The fourth-order valence-electron chi connectivity index (χ4n) is 2.93. The fraction of sp³-hybridized carbons (Fsp3) is 0.333. The van der Waals surface area contributed by atoms with E-state index in [2.05, 4.69) is 5.32 Å². The molecule has 1 atom stereocenters. The molecule has 0 aliphatic rings. The third-order valence-corrected chi connectivity index (χ3v) is 4.65. The first kappa shape index (κ1) is 21.5. The van der Waals surface area contributed by atoms with Crippen LogP contribution in [0.5, 0.6) is 0 Å². The molecule has 0 saturated heterocycles. The number of quaternary nitrogens is 1. The van der Waals surface area contributed by atoms with Crippen molar-refractivity contribution in [1.29, 1.82) is 0 Å². The number of aryl methyl sites for hydroxylation is 2. The Morgan fingerprint density at radius 2 is 1.79 bits per heavy atom. The maximum absolute atomic E-state index is 13.8. The van der Waals surface area contributed by atoms with Crippen molar-refractivity contribution in [1.82, 2.24) is 4.90 Å². The molecule has 2 amide bonds. The van der Waals surface area contributed by atoms with Crippen molar-refractivity contribution in [2.45, 2.75) is 26.8 Å². The van der Waals surface area contributed by atoms with Gasteiger partial charge in [0, 0.05) is 24.4 Å². The number of carbonyl (C=O) groups excluding carboxylic acids is 2. The first-order chi connectivity index (χ1) is 13.2. The van der Waals surface area contributed by atoms with E-state index >= 15 is 0 Å². The average molecular weight is 390 g/mol. The molecule has 0 heterocycles. The number of rotatable bonds is 7. The molecule has 0 aliphatic carbocycles. The summed E-state index contributed by atoms with van der Waals surface area (Å²) in [7, 11) is 1.55. The van der Waals surface area contributed by atoms with Crippen LogP contribution >= 0.6 is 0 Å². The van der Waals surface area contributed by atoms with E-state index in [0.29, 0.717) is 5.56 Å². The highest BCUT2D eigenvalue weighted by molar-refractivity contribution is 5.95. The lowest BCUT2D eigenvalue weighted by Crippen LogP contribution is -2.87. The minimum atomic E-state index is -0.641. The second kappa shape index (κ2) is 9.41. The van der Waals surface area contributed by atoms with Crippen LogP contribution in [0, 0.1) is 25.5 Å². The van der Waals surface area contributed by atoms with Crippen LogP contribution in [0.3, 0.4) is 0 Å². The Bertz CT molecular complexity index is 850. The summed E-state index contributed by atoms with van der Waals surface area (Å²) in [6, 6.07) is 8.75. The molecule has 0 unspecified atom stereocenters. The van der Waals surface area contributed by atoms with Crippen LogP contribution in [0.1, 0.15) is 29.7 Å². The smallest absolute Gasteiger partial charge is 0.277 e. The molecule has 150 valence electrons. The summed E-state index contributed by atoms with van der Waals surface area (Å²) in [5.41, 5.74) is 2.97. The number of hydrogen-bond donors (Lipinski definition) is 2. The number of anilines is 1. The number of likely N-dealkylation sites (N-methyl/N-ethyl adjacent to an activating group) is 1. The Hall–Kier alpha value is -2.80. The van der Waals surface area contributed by atoms with Gasteiger partial charge in [0.25, 0.3) is 5.91 Å². The zero-order valence-corrected chi connectivity index (χ0v) is 16.6. The lowest BCUT2D eigenvalue weighted by molar-refractivity contribution is -0.683. The van der Waals surface area contributed by atoms with Crippen LogP contribution in [0.2, 0.25) is 0 Å². The molecule has 0 fully saturated rings. The number of hydrogen-bond acceptors (Lipinski definition) is 2. The van der Waals surface area contributed by atoms with E-state index in [0.717, 1.165) is 22.9 Å². The van der Waals surface area contributed by atoms with Gasteiger partial charge < -0.3 is 15.5 Å². The average Bonchev–Trinajstić information content (AvgIpc) is 2.62. The van der Waals surface area contributed by atoms with Crippen molar-refractivity contribution in [3.63, 3.8) is 0 Å². The van der Waals surface area contributed by atoms with E-state index in [4.69, 9.17) is 0 Å². The van der Waals surface area contributed by atoms with Gasteiger partial charge in [-0.2, -0.15) is 0 Å². The van der Waals surface area contributed by atoms with Gasteiger partial charge in [-0.3, -0.25) is 9.59 Å². The van der Waals surface area contributed by atoms with Gasteiger partial charge in [0.2, 0.25) is 5.91 Å². The van der Waals surface area contributed by atoms with Crippen molar-refractivity contribution < 1.29 is 23.7 Å². The Balaban J connectivity index is 1.87. The summed E-state index contributed by atoms with van der Waals surface area (Å²) in [5.74, 6) is -1.83. The normalized spacial score (nSPS) is 11.8. The van der Waals surface area contributed by atoms with Gasteiger partial charge in [0.15, 0.2) is 6.54 Å². The molecule has 7 heteroatoms. The standard InChI is InChI=1S/C21H25F2N3O2/c1-13-6-5-7-14(2)21(13)25-19(27)12-26(4)20(28)11-24-15(3)17-9-8-16(22)10-18(17)23/h5-10,15,24H,11-12H2,1-4H3,(H,25,27)/p+1/t15-/m1/s1. The van der Waals surface area contributed by atoms with Crippen molar-refractivity contribution in [2.75, 3.05) is 25.5 Å². The Labute approximate surface area is 163 Å². The number of nitrogens with zero attached hydrogens (tertiary/aromatic N) is 1. The van der Waals surface area contributed by atoms with Crippen LogP contribution in [-0.2, 0) is 9.59 Å². The lowest BCUT2D eigenvalue weighted by Gasteiger charge is -2.19. The summed E-state index contributed by atoms with van der Waals surface area (Å²) >= 11 is 0. The predicted octanol–water partition coefficient (Wildman–Crippen LogP) is 2.30. The van der Waals surface area contributed by atoms with Crippen LogP contribution in [0.15, 0.2) is 36.4 Å².